The van der Waals surface area contributed by atoms with Crippen molar-refractivity contribution in [2.45, 2.75) is 19.9 Å². The molecule has 0 aliphatic carbocycles. The summed E-state index contributed by atoms with van der Waals surface area (Å²) in [6.45, 7) is 4.17. The van der Waals surface area contributed by atoms with Crippen LogP contribution in [0.25, 0.3) is 6.08 Å². The molecule has 0 radical (unpaired) electrons. The van der Waals surface area contributed by atoms with Crippen molar-refractivity contribution in [1.82, 2.24) is 0 Å². The minimum Gasteiger partial charge on any atom is -0.478 e. The van der Waals surface area contributed by atoms with E-state index in [9.17, 15) is 4.79 Å². The van der Waals surface area contributed by atoms with Crippen molar-refractivity contribution in [1.29, 1.82) is 0 Å². The fraction of sp³-hybridized carbons (Fsp3) is 0.400. The molecule has 1 N–H and O–H groups in total. The molecule has 0 spiro atoms. The predicted octanol–water partition coefficient (Wildman–Crippen LogP) is 3.28. The third-order valence-corrected chi connectivity index (χ3v) is 3.85. The van der Waals surface area contributed by atoms with Crippen LogP contribution in [0.5, 0.6) is 0 Å². The minimum atomic E-state index is -0.924. The van der Waals surface area contributed by atoms with Gasteiger partial charge >= 0.3 is 5.97 Å². The highest BCUT2D eigenvalue weighted by atomic mass is 32.2. The molecule has 3 nitrogen and oxygen atoms in total. The van der Waals surface area contributed by atoms with Crippen molar-refractivity contribution in [2.24, 2.45) is 0 Å². The summed E-state index contributed by atoms with van der Waals surface area (Å²) in [5, 5.41) is 8.76. The fourth-order valence-electron chi connectivity index (χ4n) is 1.88. The van der Waals surface area contributed by atoms with Crippen molar-refractivity contribution >= 4 is 29.5 Å². The van der Waals surface area contributed by atoms with Crippen LogP contribution in [0.3, 0.4) is 0 Å². The molecule has 104 valence electrons. The van der Waals surface area contributed by atoms with E-state index in [-0.39, 0.29) is 0 Å². The molecule has 0 saturated heterocycles. The first-order valence-electron chi connectivity index (χ1n) is 6.19. The maximum Gasteiger partial charge on any atom is 0.328 e. The number of hydrogen-bond donors (Lipinski definition) is 1. The minimum absolute atomic E-state index is 0.398. The van der Waals surface area contributed by atoms with Gasteiger partial charge in [-0.3, -0.25) is 0 Å². The summed E-state index contributed by atoms with van der Waals surface area (Å²) >= 11 is 1.81. The van der Waals surface area contributed by atoms with Crippen LogP contribution in [-0.4, -0.2) is 36.2 Å². The topological polar surface area (TPSA) is 40.5 Å². The van der Waals surface area contributed by atoms with Gasteiger partial charge in [-0.2, -0.15) is 11.8 Å². The number of rotatable bonds is 6. The Kier molecular flexibility index (Phi) is 5.96. The molecule has 0 aliphatic heterocycles. The van der Waals surface area contributed by atoms with Gasteiger partial charge < -0.3 is 10.0 Å². The highest BCUT2D eigenvalue weighted by molar-refractivity contribution is 7.98. The molecular weight excluding hydrogens is 258 g/mol. The molecule has 0 aliphatic rings. The molecule has 4 heteroatoms. The van der Waals surface area contributed by atoms with Crippen molar-refractivity contribution in [3.8, 4) is 0 Å². The van der Waals surface area contributed by atoms with Crippen molar-refractivity contribution in [2.75, 3.05) is 24.0 Å². The van der Waals surface area contributed by atoms with Gasteiger partial charge in [0.2, 0.25) is 0 Å². The van der Waals surface area contributed by atoms with Crippen LogP contribution in [-0.2, 0) is 4.79 Å². The molecule has 0 bridgehead atoms. The molecule has 0 amide bonds. The van der Waals surface area contributed by atoms with E-state index in [1.54, 1.807) is 17.8 Å². The zero-order valence-electron chi connectivity index (χ0n) is 11.9. The van der Waals surface area contributed by atoms with E-state index in [0.29, 0.717) is 6.04 Å². The number of carboxylic acids is 1. The smallest absolute Gasteiger partial charge is 0.328 e. The summed E-state index contributed by atoms with van der Waals surface area (Å²) in [4.78, 5) is 12.9. The summed E-state index contributed by atoms with van der Waals surface area (Å²) in [5.41, 5.74) is 3.13. The summed E-state index contributed by atoms with van der Waals surface area (Å²) in [6.07, 6.45) is 4.93. The van der Waals surface area contributed by atoms with Gasteiger partial charge in [-0.05, 0) is 43.9 Å². The number of aryl methyl sites for hydroxylation is 1. The molecule has 1 atom stereocenters. The number of carboxylic acid groups (broad SMARTS) is 1. The van der Waals surface area contributed by atoms with E-state index in [2.05, 4.69) is 24.1 Å². The quantitative estimate of drug-likeness (QED) is 0.811. The van der Waals surface area contributed by atoms with Gasteiger partial charge in [0.1, 0.15) is 0 Å². The molecule has 0 aromatic heterocycles. The zero-order chi connectivity index (χ0) is 14.4. The molecule has 19 heavy (non-hydrogen) atoms. The van der Waals surface area contributed by atoms with Crippen LogP contribution in [0.1, 0.15) is 18.1 Å². The molecule has 0 heterocycles. The van der Waals surface area contributed by atoms with Crippen LogP contribution in [0, 0.1) is 6.92 Å². The normalized spacial score (nSPS) is 12.6. The fourth-order valence-corrected chi connectivity index (χ4v) is 2.59. The Morgan fingerprint density at radius 2 is 2.21 bits per heavy atom. The molecular formula is C15H21NO2S. The first-order chi connectivity index (χ1) is 8.95. The number of nitrogens with zero attached hydrogens (tertiary/aromatic N) is 1. The molecule has 0 saturated carbocycles. The lowest BCUT2D eigenvalue weighted by Crippen LogP contribution is -2.31. The predicted molar refractivity (Wildman–Crippen MR) is 84.1 cm³/mol. The highest BCUT2D eigenvalue weighted by Crippen LogP contribution is 2.24. The molecule has 1 unspecified atom stereocenters. The Balaban J connectivity index is 3.08. The van der Waals surface area contributed by atoms with Gasteiger partial charge in [-0.15, -0.1) is 0 Å². The lowest BCUT2D eigenvalue weighted by Gasteiger charge is -2.28. The zero-order valence-corrected chi connectivity index (χ0v) is 12.7. The third-order valence-electron chi connectivity index (χ3n) is 3.04. The number of hydrogen-bond acceptors (Lipinski definition) is 3. The maximum atomic E-state index is 10.7. The Hall–Kier alpha value is -1.42. The lowest BCUT2D eigenvalue weighted by molar-refractivity contribution is -0.131. The molecule has 1 aromatic rings. The number of aliphatic carboxylic acids is 1. The largest absolute Gasteiger partial charge is 0.478 e. The Labute approximate surface area is 119 Å². The van der Waals surface area contributed by atoms with Crippen molar-refractivity contribution in [3.63, 3.8) is 0 Å². The number of thioether (sulfide) groups is 1. The summed E-state index contributed by atoms with van der Waals surface area (Å²) in [5.74, 6) is 0.110. The number of carbonyl (C=O) groups is 1. The summed E-state index contributed by atoms with van der Waals surface area (Å²) < 4.78 is 0. The van der Waals surface area contributed by atoms with Gasteiger partial charge in [-0.1, -0.05) is 11.6 Å². The average Bonchev–Trinajstić information content (AvgIpc) is 2.36. The van der Waals surface area contributed by atoms with E-state index < -0.39 is 5.97 Å². The second-order valence-electron chi connectivity index (χ2n) is 4.65. The standard InChI is InChI=1S/C15H21NO2S/c1-11-5-7-14(16(3)12(2)10-19-4)13(9-11)6-8-15(17)18/h5-9,12H,10H2,1-4H3,(H,17,18)/b8-6+. The van der Waals surface area contributed by atoms with E-state index in [0.717, 1.165) is 22.6 Å². The molecule has 0 fully saturated rings. The Morgan fingerprint density at radius 3 is 2.79 bits per heavy atom. The van der Waals surface area contributed by atoms with Crippen LogP contribution in [0.15, 0.2) is 24.3 Å². The van der Waals surface area contributed by atoms with Crippen LogP contribution in [0.2, 0.25) is 0 Å². The summed E-state index contributed by atoms with van der Waals surface area (Å²) in [6, 6.07) is 6.51. The van der Waals surface area contributed by atoms with Gasteiger partial charge in [0.05, 0.1) is 0 Å². The first kappa shape index (κ1) is 15.6. The highest BCUT2D eigenvalue weighted by Gasteiger charge is 2.12. The second kappa shape index (κ2) is 7.24. The van der Waals surface area contributed by atoms with E-state index in [1.807, 2.05) is 26.1 Å². The van der Waals surface area contributed by atoms with E-state index in [4.69, 9.17) is 5.11 Å². The Morgan fingerprint density at radius 1 is 1.53 bits per heavy atom. The average molecular weight is 279 g/mol. The van der Waals surface area contributed by atoms with Gasteiger partial charge in [-0.25, -0.2) is 4.79 Å². The number of benzene rings is 1. The Bertz CT molecular complexity index is 471. The van der Waals surface area contributed by atoms with Crippen LogP contribution >= 0.6 is 11.8 Å². The van der Waals surface area contributed by atoms with Gasteiger partial charge in [0.15, 0.2) is 0 Å². The van der Waals surface area contributed by atoms with Gasteiger partial charge in [0, 0.05) is 30.6 Å². The SMILES string of the molecule is CSCC(C)N(C)c1ccc(C)cc1/C=C/C(=O)O. The first-order valence-corrected chi connectivity index (χ1v) is 7.58. The van der Waals surface area contributed by atoms with Crippen molar-refractivity contribution < 1.29 is 9.90 Å². The third kappa shape index (κ3) is 4.63. The van der Waals surface area contributed by atoms with Crippen LogP contribution in [0.4, 0.5) is 5.69 Å². The molecule has 1 rings (SSSR count). The van der Waals surface area contributed by atoms with Crippen molar-refractivity contribution in [3.05, 3.63) is 35.4 Å². The second-order valence-corrected chi connectivity index (χ2v) is 5.56. The van der Waals surface area contributed by atoms with E-state index >= 15 is 0 Å². The van der Waals surface area contributed by atoms with Gasteiger partial charge in [0.25, 0.3) is 0 Å². The molecule has 1 aromatic carbocycles. The maximum absolute atomic E-state index is 10.7. The van der Waals surface area contributed by atoms with Crippen LogP contribution < -0.4 is 4.90 Å². The summed E-state index contributed by atoms with van der Waals surface area (Å²) in [7, 11) is 2.05. The lowest BCUT2D eigenvalue weighted by atomic mass is 10.1. The monoisotopic (exact) mass is 279 g/mol. The van der Waals surface area contributed by atoms with E-state index in [1.165, 1.54) is 6.08 Å². The number of anilines is 1.